The smallest absolute Gasteiger partial charge is 0.305 e. The Morgan fingerprint density at radius 1 is 1.31 bits per heavy atom. The first kappa shape index (κ1) is 18.2. The summed E-state index contributed by atoms with van der Waals surface area (Å²) in [5.41, 5.74) is 2.40. The number of aryl methyl sites for hydroxylation is 1. The van der Waals surface area contributed by atoms with E-state index in [1.807, 2.05) is 6.92 Å². The highest BCUT2D eigenvalue weighted by Crippen LogP contribution is 2.65. The predicted molar refractivity (Wildman–Crippen MR) is 108 cm³/mol. The molecule has 5 heteroatoms. The molecule has 0 aromatic heterocycles. The molecule has 2 heterocycles. The van der Waals surface area contributed by atoms with Gasteiger partial charge >= 0.3 is 5.97 Å². The minimum atomic E-state index is -0.814. The molecule has 2 saturated carbocycles. The quantitative estimate of drug-likeness (QED) is 0.792. The first-order chi connectivity index (χ1) is 14.0. The Hall–Kier alpha value is -1.59. The zero-order chi connectivity index (χ0) is 20.0. The van der Waals surface area contributed by atoms with Gasteiger partial charge in [0.1, 0.15) is 18.0 Å². The van der Waals surface area contributed by atoms with Crippen LogP contribution in [0.5, 0.6) is 5.75 Å². The molecule has 1 N–H and O–H groups in total. The minimum absolute atomic E-state index is 0.131. The van der Waals surface area contributed by atoms with E-state index in [4.69, 9.17) is 9.47 Å². The van der Waals surface area contributed by atoms with Gasteiger partial charge in [0, 0.05) is 24.6 Å². The lowest BCUT2D eigenvalue weighted by atomic mass is 9.48. The van der Waals surface area contributed by atoms with E-state index in [1.54, 1.807) is 0 Å². The zero-order valence-corrected chi connectivity index (χ0v) is 17.4. The van der Waals surface area contributed by atoms with Crippen molar-refractivity contribution in [2.45, 2.75) is 88.1 Å². The van der Waals surface area contributed by atoms with Crippen LogP contribution < -0.4 is 4.74 Å². The van der Waals surface area contributed by atoms with E-state index in [2.05, 4.69) is 24.0 Å². The third-order valence-corrected chi connectivity index (χ3v) is 8.50. The van der Waals surface area contributed by atoms with Crippen molar-refractivity contribution in [3.05, 3.63) is 28.8 Å². The summed E-state index contributed by atoms with van der Waals surface area (Å²) in [5, 5.41) is 12.4. The topological polar surface area (TPSA) is 59.0 Å². The number of carbonyl (C=O) groups is 1. The van der Waals surface area contributed by atoms with Gasteiger partial charge in [0.2, 0.25) is 0 Å². The van der Waals surface area contributed by atoms with Gasteiger partial charge in [0.25, 0.3) is 0 Å². The van der Waals surface area contributed by atoms with Gasteiger partial charge in [-0.15, -0.1) is 0 Å². The van der Waals surface area contributed by atoms with Gasteiger partial charge in [-0.05, 0) is 69.0 Å². The molecule has 0 amide bonds. The number of ether oxygens (including phenoxy) is 2. The van der Waals surface area contributed by atoms with E-state index in [-0.39, 0.29) is 24.2 Å². The maximum Gasteiger partial charge on any atom is 0.305 e. The molecule has 2 aliphatic heterocycles. The van der Waals surface area contributed by atoms with E-state index < -0.39 is 11.0 Å². The monoisotopic (exact) mass is 397 g/mol. The van der Waals surface area contributed by atoms with E-state index in [1.165, 1.54) is 24.0 Å². The largest absolute Gasteiger partial charge is 0.485 e. The zero-order valence-electron chi connectivity index (χ0n) is 17.4. The molecule has 1 aromatic rings. The highest BCUT2D eigenvalue weighted by Gasteiger charge is 2.73. The average molecular weight is 398 g/mol. The molecular weight excluding hydrogens is 366 g/mol. The highest BCUT2D eigenvalue weighted by molar-refractivity contribution is 5.69. The molecule has 5 aliphatic rings. The fourth-order valence-electron chi connectivity index (χ4n) is 6.96. The summed E-state index contributed by atoms with van der Waals surface area (Å²) in [6.45, 7) is 6.02. The fraction of sp³-hybridized carbons (Fsp3) is 0.708. The molecule has 5 atom stereocenters. The summed E-state index contributed by atoms with van der Waals surface area (Å²) < 4.78 is 12.5. The van der Waals surface area contributed by atoms with Crippen LogP contribution in [0.1, 0.15) is 62.1 Å². The third-order valence-electron chi connectivity index (χ3n) is 8.50. The van der Waals surface area contributed by atoms with E-state index in [0.29, 0.717) is 19.3 Å². The molecule has 156 valence electrons. The van der Waals surface area contributed by atoms with Crippen LogP contribution in [-0.2, 0) is 21.4 Å². The molecule has 1 spiro atoms. The maximum atomic E-state index is 12.4. The van der Waals surface area contributed by atoms with Gasteiger partial charge in [-0.1, -0.05) is 19.1 Å². The molecule has 5 nitrogen and oxygen atoms in total. The summed E-state index contributed by atoms with van der Waals surface area (Å²) in [5.74, 6) is 1.58. The van der Waals surface area contributed by atoms with Crippen molar-refractivity contribution in [2.75, 3.05) is 13.1 Å². The number of hydrogen-bond acceptors (Lipinski definition) is 5. The Balaban J connectivity index is 1.49. The normalized spacial score (nSPS) is 39.6. The van der Waals surface area contributed by atoms with Gasteiger partial charge in [-0.3, -0.25) is 9.69 Å². The Morgan fingerprint density at radius 2 is 2.14 bits per heavy atom. The second-order valence-corrected chi connectivity index (χ2v) is 10.0. The molecule has 29 heavy (non-hydrogen) atoms. The summed E-state index contributed by atoms with van der Waals surface area (Å²) in [6.07, 6.45) is 5.58. The van der Waals surface area contributed by atoms with Crippen LogP contribution in [0.3, 0.4) is 0 Å². The number of benzene rings is 1. The predicted octanol–water partition coefficient (Wildman–Crippen LogP) is 2.88. The van der Waals surface area contributed by atoms with Crippen LogP contribution >= 0.6 is 0 Å². The van der Waals surface area contributed by atoms with Crippen molar-refractivity contribution in [1.29, 1.82) is 0 Å². The SMILES string of the molecule is CCC(=O)O[C@@H]1CC[C@@]2(O)[C@H]3Cc4ccc(C)c5c4[C@@]2(CCN3CC2CC2)C1O5. The van der Waals surface area contributed by atoms with Crippen molar-refractivity contribution < 1.29 is 19.4 Å². The first-order valence-electron chi connectivity index (χ1n) is 11.4. The molecule has 1 unspecified atom stereocenters. The molecule has 6 rings (SSSR count). The van der Waals surface area contributed by atoms with Crippen molar-refractivity contribution >= 4 is 5.97 Å². The summed E-state index contributed by atoms with van der Waals surface area (Å²) in [6, 6.07) is 4.53. The highest BCUT2D eigenvalue weighted by atomic mass is 16.6. The van der Waals surface area contributed by atoms with Gasteiger partial charge in [0.15, 0.2) is 0 Å². The second-order valence-electron chi connectivity index (χ2n) is 10.0. The lowest BCUT2D eigenvalue weighted by Crippen LogP contribution is -2.77. The van der Waals surface area contributed by atoms with Gasteiger partial charge in [-0.25, -0.2) is 0 Å². The van der Waals surface area contributed by atoms with Crippen LogP contribution in [0.15, 0.2) is 12.1 Å². The van der Waals surface area contributed by atoms with E-state index in [9.17, 15) is 9.90 Å². The van der Waals surface area contributed by atoms with Crippen LogP contribution in [-0.4, -0.2) is 52.9 Å². The number of piperidine rings is 1. The average Bonchev–Trinajstić information content (AvgIpc) is 3.44. The standard InChI is InChI=1S/C24H31NO4/c1-3-19(26)28-17-8-9-24(27)18-12-16-7-4-14(2)21-20(16)23(24,22(17)29-21)10-11-25(18)13-15-5-6-15/h4,7,15,17-18,22,27H,3,5-6,8-13H2,1-2H3/t17-,18-,22?,23+,24-/m1/s1. The number of nitrogens with zero attached hydrogens (tertiary/aromatic N) is 1. The van der Waals surface area contributed by atoms with Crippen LogP contribution in [0.25, 0.3) is 0 Å². The van der Waals surface area contributed by atoms with E-state index >= 15 is 0 Å². The molecular formula is C24H31NO4. The molecule has 3 fully saturated rings. The van der Waals surface area contributed by atoms with Gasteiger partial charge in [0.05, 0.1) is 11.0 Å². The number of esters is 1. The van der Waals surface area contributed by atoms with Crippen molar-refractivity contribution in [1.82, 2.24) is 4.90 Å². The van der Waals surface area contributed by atoms with Crippen LogP contribution in [0, 0.1) is 12.8 Å². The Bertz CT molecular complexity index is 880. The van der Waals surface area contributed by atoms with Gasteiger partial charge in [-0.2, -0.15) is 0 Å². The van der Waals surface area contributed by atoms with Crippen LogP contribution in [0.2, 0.25) is 0 Å². The van der Waals surface area contributed by atoms with Crippen molar-refractivity contribution in [2.24, 2.45) is 5.92 Å². The lowest BCUT2D eigenvalue weighted by Gasteiger charge is -2.64. The number of rotatable bonds is 4. The Kier molecular flexibility index (Phi) is 3.75. The van der Waals surface area contributed by atoms with E-state index in [0.717, 1.165) is 43.2 Å². The fourth-order valence-corrected chi connectivity index (χ4v) is 6.96. The van der Waals surface area contributed by atoms with Crippen molar-refractivity contribution in [3.8, 4) is 5.75 Å². The maximum absolute atomic E-state index is 12.4. The van der Waals surface area contributed by atoms with Crippen molar-refractivity contribution in [3.63, 3.8) is 0 Å². The summed E-state index contributed by atoms with van der Waals surface area (Å²) in [4.78, 5) is 14.7. The number of hydrogen-bond donors (Lipinski definition) is 1. The Labute approximate surface area is 172 Å². The first-order valence-corrected chi connectivity index (χ1v) is 11.4. The number of aliphatic hydroxyl groups is 1. The number of likely N-dealkylation sites (tertiary alicyclic amines) is 1. The summed E-state index contributed by atoms with van der Waals surface area (Å²) >= 11 is 0. The van der Waals surface area contributed by atoms with Gasteiger partial charge < -0.3 is 14.6 Å². The lowest BCUT2D eigenvalue weighted by molar-refractivity contribution is -0.216. The third kappa shape index (κ3) is 2.26. The molecule has 0 radical (unpaired) electrons. The second kappa shape index (κ2) is 5.98. The molecule has 1 aromatic carbocycles. The molecule has 2 bridgehead atoms. The number of carbonyl (C=O) groups excluding carboxylic acids is 1. The Morgan fingerprint density at radius 3 is 2.90 bits per heavy atom. The molecule has 1 saturated heterocycles. The molecule has 3 aliphatic carbocycles. The minimum Gasteiger partial charge on any atom is -0.485 e. The van der Waals surface area contributed by atoms with Crippen LogP contribution in [0.4, 0.5) is 0 Å². The summed E-state index contributed by atoms with van der Waals surface area (Å²) in [7, 11) is 0.